The first-order valence-electron chi connectivity index (χ1n) is 11.1. The van der Waals surface area contributed by atoms with Gasteiger partial charge in [0.1, 0.15) is 16.4 Å². The van der Waals surface area contributed by atoms with E-state index in [9.17, 15) is 14.4 Å². The molecule has 10 heteroatoms. The van der Waals surface area contributed by atoms with Crippen molar-refractivity contribution in [3.63, 3.8) is 0 Å². The molecular weight excluding hydrogens is 454 g/mol. The van der Waals surface area contributed by atoms with Crippen molar-refractivity contribution in [1.29, 1.82) is 0 Å². The van der Waals surface area contributed by atoms with E-state index in [2.05, 4.69) is 20.5 Å². The van der Waals surface area contributed by atoms with Crippen LogP contribution in [0.25, 0.3) is 10.2 Å². The summed E-state index contributed by atoms with van der Waals surface area (Å²) in [5, 5.41) is 4.73. The van der Waals surface area contributed by atoms with Crippen molar-refractivity contribution in [2.24, 2.45) is 5.10 Å². The van der Waals surface area contributed by atoms with Crippen LogP contribution in [0, 0.1) is 13.8 Å². The van der Waals surface area contributed by atoms with Gasteiger partial charge in [0.05, 0.1) is 17.5 Å². The van der Waals surface area contributed by atoms with Gasteiger partial charge < -0.3 is 14.6 Å². The van der Waals surface area contributed by atoms with Crippen molar-refractivity contribution in [3.8, 4) is 5.75 Å². The molecule has 1 fully saturated rings. The first-order chi connectivity index (χ1) is 16.3. The normalized spacial score (nSPS) is 14.0. The Morgan fingerprint density at radius 2 is 1.91 bits per heavy atom. The van der Waals surface area contributed by atoms with Crippen LogP contribution in [-0.2, 0) is 16.0 Å². The lowest BCUT2D eigenvalue weighted by Crippen LogP contribution is -2.32. The maximum Gasteiger partial charge on any atom is 0.260 e. The molecule has 0 atom stereocenters. The fraction of sp³-hybridized carbons (Fsp3) is 0.375. The Hall–Kier alpha value is -3.53. The number of aryl methyl sites for hydroxylation is 2. The van der Waals surface area contributed by atoms with E-state index in [0.29, 0.717) is 27.5 Å². The van der Waals surface area contributed by atoms with E-state index in [-0.39, 0.29) is 30.4 Å². The van der Waals surface area contributed by atoms with Gasteiger partial charge in [-0.3, -0.25) is 14.4 Å². The number of thiophene rings is 1. The van der Waals surface area contributed by atoms with E-state index < -0.39 is 0 Å². The van der Waals surface area contributed by atoms with Gasteiger partial charge in [-0.15, -0.1) is 11.3 Å². The predicted molar refractivity (Wildman–Crippen MR) is 132 cm³/mol. The minimum atomic E-state index is -0.382. The van der Waals surface area contributed by atoms with Crippen LogP contribution < -0.4 is 15.7 Å². The summed E-state index contributed by atoms with van der Waals surface area (Å²) in [7, 11) is 0. The zero-order chi connectivity index (χ0) is 24.2. The number of nitrogens with one attached hydrogen (secondary N) is 2. The maximum atomic E-state index is 12.4. The number of hydrogen-bond donors (Lipinski definition) is 2. The van der Waals surface area contributed by atoms with Crippen LogP contribution in [0.2, 0.25) is 0 Å². The quantitative estimate of drug-likeness (QED) is 0.398. The van der Waals surface area contributed by atoms with Crippen molar-refractivity contribution >= 4 is 39.1 Å². The molecule has 0 aliphatic carbocycles. The Labute approximate surface area is 200 Å². The summed E-state index contributed by atoms with van der Waals surface area (Å²) in [6.07, 6.45) is 2.01. The van der Waals surface area contributed by atoms with E-state index in [1.165, 1.54) is 11.3 Å². The molecule has 0 radical (unpaired) electrons. The second kappa shape index (κ2) is 10.2. The van der Waals surface area contributed by atoms with Crippen LogP contribution >= 0.6 is 11.3 Å². The first kappa shape index (κ1) is 23.6. The van der Waals surface area contributed by atoms with E-state index in [0.717, 1.165) is 41.9 Å². The van der Waals surface area contributed by atoms with Gasteiger partial charge in [0, 0.05) is 18.0 Å². The summed E-state index contributed by atoms with van der Waals surface area (Å²) in [6.45, 7) is 7.23. The smallest absolute Gasteiger partial charge is 0.260 e. The number of amides is 2. The molecule has 0 bridgehead atoms. The molecule has 0 unspecified atom stereocenters. The Balaban J connectivity index is 1.32. The van der Waals surface area contributed by atoms with Crippen LogP contribution in [0.1, 0.15) is 41.6 Å². The van der Waals surface area contributed by atoms with Gasteiger partial charge in [-0.25, -0.2) is 10.4 Å². The Morgan fingerprint density at radius 1 is 1.21 bits per heavy atom. The summed E-state index contributed by atoms with van der Waals surface area (Å²) in [4.78, 5) is 47.4. The van der Waals surface area contributed by atoms with Gasteiger partial charge in [-0.1, -0.05) is 0 Å². The molecule has 178 valence electrons. The minimum absolute atomic E-state index is 0.00126. The Kier molecular flexibility index (Phi) is 7.06. The molecule has 4 rings (SSSR count). The first-order valence-corrected chi connectivity index (χ1v) is 12.0. The van der Waals surface area contributed by atoms with Crippen molar-refractivity contribution < 1.29 is 14.3 Å². The van der Waals surface area contributed by atoms with E-state index in [1.807, 2.05) is 30.9 Å². The molecular formula is C24H27N5O4S. The summed E-state index contributed by atoms with van der Waals surface area (Å²) in [5.41, 5.74) is 4.60. The highest BCUT2D eigenvalue weighted by molar-refractivity contribution is 7.18. The fourth-order valence-electron chi connectivity index (χ4n) is 3.78. The van der Waals surface area contributed by atoms with Gasteiger partial charge in [0.25, 0.3) is 11.5 Å². The number of aromatic nitrogens is 2. The number of H-pyrrole nitrogens is 1. The minimum Gasteiger partial charge on any atom is -0.484 e. The third-order valence-corrected chi connectivity index (χ3v) is 6.96. The standard InChI is InChI=1S/C24H27N5O4S/c1-14-16(3)34-24-22(14)23(32)25-19(26-24)12-20(30)28-27-15(2)17-6-8-18(9-7-17)33-13-21(31)29-10-4-5-11-29/h6-9H,4-5,10-13H2,1-3H3,(H,28,30)(H,25,26,32)/b27-15+. The Morgan fingerprint density at radius 3 is 2.62 bits per heavy atom. The number of rotatable bonds is 7. The average Bonchev–Trinajstić information content (AvgIpc) is 3.45. The number of likely N-dealkylation sites (tertiary alicyclic amines) is 1. The van der Waals surface area contributed by atoms with Crippen LogP contribution in [-0.4, -0.2) is 52.1 Å². The second-order valence-electron chi connectivity index (χ2n) is 8.29. The number of fused-ring (bicyclic) bond motifs is 1. The molecule has 1 saturated heterocycles. The molecule has 2 N–H and O–H groups in total. The number of carbonyl (C=O) groups is 2. The highest BCUT2D eigenvalue weighted by Crippen LogP contribution is 2.25. The molecule has 2 aromatic heterocycles. The number of carbonyl (C=O) groups excluding carboxylic acids is 2. The largest absolute Gasteiger partial charge is 0.484 e. The van der Waals surface area contributed by atoms with Crippen molar-refractivity contribution in [2.75, 3.05) is 19.7 Å². The molecule has 0 saturated carbocycles. The van der Waals surface area contributed by atoms with Crippen molar-refractivity contribution in [1.82, 2.24) is 20.3 Å². The lowest BCUT2D eigenvalue weighted by atomic mass is 10.1. The molecule has 1 aliphatic heterocycles. The zero-order valence-corrected chi connectivity index (χ0v) is 20.3. The van der Waals surface area contributed by atoms with Gasteiger partial charge >= 0.3 is 0 Å². The molecule has 0 spiro atoms. The molecule has 3 aromatic rings. The summed E-state index contributed by atoms with van der Waals surface area (Å²) >= 11 is 1.44. The van der Waals surface area contributed by atoms with Crippen LogP contribution in [0.5, 0.6) is 5.75 Å². The van der Waals surface area contributed by atoms with E-state index >= 15 is 0 Å². The van der Waals surface area contributed by atoms with Crippen molar-refractivity contribution in [2.45, 2.75) is 40.0 Å². The third-order valence-electron chi connectivity index (χ3n) is 5.86. The van der Waals surface area contributed by atoms with Gasteiger partial charge in [0.2, 0.25) is 5.91 Å². The SMILES string of the molecule is C/C(=N\NC(=O)Cc1nc2sc(C)c(C)c2c(=O)[nH]1)c1ccc(OCC(=O)N2CCCC2)cc1. The topological polar surface area (TPSA) is 117 Å². The maximum absolute atomic E-state index is 12.4. The van der Waals surface area contributed by atoms with Gasteiger partial charge in [-0.2, -0.15) is 5.10 Å². The average molecular weight is 482 g/mol. The number of aromatic amines is 1. The Bertz CT molecular complexity index is 1300. The predicted octanol–water partition coefficient (Wildman–Crippen LogP) is 2.69. The number of hydrogen-bond acceptors (Lipinski definition) is 7. The van der Waals surface area contributed by atoms with Gasteiger partial charge in [-0.05, 0) is 69.0 Å². The lowest BCUT2D eigenvalue weighted by molar-refractivity contribution is -0.132. The van der Waals surface area contributed by atoms with Crippen LogP contribution in [0.4, 0.5) is 0 Å². The highest BCUT2D eigenvalue weighted by atomic mass is 32.1. The summed E-state index contributed by atoms with van der Waals surface area (Å²) < 4.78 is 5.59. The van der Waals surface area contributed by atoms with Crippen molar-refractivity contribution in [3.05, 3.63) is 56.4 Å². The second-order valence-corrected chi connectivity index (χ2v) is 9.49. The van der Waals surface area contributed by atoms with Crippen LogP contribution in [0.3, 0.4) is 0 Å². The molecule has 2 amide bonds. The highest BCUT2D eigenvalue weighted by Gasteiger charge is 2.18. The fourth-order valence-corrected chi connectivity index (χ4v) is 4.83. The number of benzene rings is 1. The van der Waals surface area contributed by atoms with E-state index in [1.54, 1.807) is 19.1 Å². The lowest BCUT2D eigenvalue weighted by Gasteiger charge is -2.15. The number of ether oxygens (including phenoxy) is 1. The molecule has 9 nitrogen and oxygen atoms in total. The summed E-state index contributed by atoms with van der Waals surface area (Å²) in [6, 6.07) is 7.16. The van der Waals surface area contributed by atoms with Gasteiger partial charge in [0.15, 0.2) is 6.61 Å². The molecule has 3 heterocycles. The molecule has 34 heavy (non-hydrogen) atoms. The molecule has 1 aliphatic rings. The number of nitrogens with zero attached hydrogens (tertiary/aromatic N) is 3. The summed E-state index contributed by atoms with van der Waals surface area (Å²) in [5.74, 6) is 0.514. The molecule has 1 aromatic carbocycles. The van der Waals surface area contributed by atoms with Crippen LogP contribution in [0.15, 0.2) is 34.2 Å². The van der Waals surface area contributed by atoms with E-state index in [4.69, 9.17) is 4.74 Å². The monoisotopic (exact) mass is 481 g/mol. The third kappa shape index (κ3) is 5.33. The number of hydrazone groups is 1. The zero-order valence-electron chi connectivity index (χ0n) is 19.4.